The Balaban J connectivity index is 2.08. The third-order valence-corrected chi connectivity index (χ3v) is 4.03. The zero-order valence-corrected chi connectivity index (χ0v) is 12.8. The van der Waals surface area contributed by atoms with Crippen molar-refractivity contribution in [2.24, 2.45) is 0 Å². The number of halogens is 2. The van der Waals surface area contributed by atoms with Gasteiger partial charge < -0.3 is 5.32 Å². The summed E-state index contributed by atoms with van der Waals surface area (Å²) in [5.74, 6) is -2.44. The zero-order valence-electron chi connectivity index (χ0n) is 12.0. The van der Waals surface area contributed by atoms with E-state index in [1.807, 2.05) is 0 Å². The van der Waals surface area contributed by atoms with Gasteiger partial charge in [0.05, 0.1) is 10.2 Å². The number of anilines is 1. The first-order valence-electron chi connectivity index (χ1n) is 6.54. The number of nitro groups is 1. The number of nitro benzene ring substituents is 1. The van der Waals surface area contributed by atoms with Gasteiger partial charge in [-0.05, 0) is 31.2 Å². The molecule has 0 saturated carbocycles. The summed E-state index contributed by atoms with van der Waals surface area (Å²) in [4.78, 5) is 22.8. The van der Waals surface area contributed by atoms with E-state index in [-0.39, 0.29) is 11.4 Å². The number of carbonyl (C=O) groups is 1. The fourth-order valence-electron chi connectivity index (χ4n) is 1.78. The summed E-state index contributed by atoms with van der Waals surface area (Å²) in [7, 11) is 0. The van der Waals surface area contributed by atoms with Gasteiger partial charge in [-0.15, -0.1) is 11.8 Å². The van der Waals surface area contributed by atoms with E-state index >= 15 is 0 Å². The topological polar surface area (TPSA) is 72.2 Å². The van der Waals surface area contributed by atoms with Gasteiger partial charge in [-0.3, -0.25) is 14.9 Å². The van der Waals surface area contributed by atoms with E-state index in [2.05, 4.69) is 5.32 Å². The van der Waals surface area contributed by atoms with Gasteiger partial charge in [0.15, 0.2) is 11.6 Å². The Morgan fingerprint density at radius 1 is 1.22 bits per heavy atom. The van der Waals surface area contributed by atoms with E-state index < -0.39 is 27.7 Å². The molecular weight excluding hydrogens is 326 g/mol. The van der Waals surface area contributed by atoms with Crippen LogP contribution < -0.4 is 5.32 Å². The number of amides is 1. The number of para-hydroxylation sites is 2. The Hall–Kier alpha value is -2.48. The van der Waals surface area contributed by atoms with Crippen molar-refractivity contribution in [3.8, 4) is 0 Å². The predicted molar refractivity (Wildman–Crippen MR) is 83.4 cm³/mol. The lowest BCUT2D eigenvalue weighted by Crippen LogP contribution is -2.22. The average molecular weight is 338 g/mol. The Kier molecular flexibility index (Phi) is 5.28. The number of nitrogens with one attached hydrogen (secondary N) is 1. The number of rotatable bonds is 5. The first kappa shape index (κ1) is 16.9. The minimum Gasteiger partial charge on any atom is -0.319 e. The van der Waals surface area contributed by atoms with Gasteiger partial charge in [0, 0.05) is 11.0 Å². The molecule has 2 aromatic rings. The zero-order chi connectivity index (χ0) is 17.0. The van der Waals surface area contributed by atoms with E-state index in [1.54, 1.807) is 13.0 Å². The van der Waals surface area contributed by atoms with Gasteiger partial charge in [-0.25, -0.2) is 8.78 Å². The molecule has 1 amide bonds. The van der Waals surface area contributed by atoms with Crippen LogP contribution >= 0.6 is 11.8 Å². The third kappa shape index (κ3) is 4.26. The van der Waals surface area contributed by atoms with Crippen molar-refractivity contribution in [1.82, 2.24) is 0 Å². The third-order valence-electron chi connectivity index (χ3n) is 2.93. The van der Waals surface area contributed by atoms with Crippen molar-refractivity contribution in [3.05, 3.63) is 64.2 Å². The van der Waals surface area contributed by atoms with Crippen LogP contribution in [0.3, 0.4) is 0 Å². The summed E-state index contributed by atoms with van der Waals surface area (Å²) in [6, 6.07) is 9.09. The van der Waals surface area contributed by atoms with Crippen LogP contribution in [0.25, 0.3) is 0 Å². The van der Waals surface area contributed by atoms with Crippen LogP contribution in [-0.2, 0) is 4.79 Å². The molecule has 1 N–H and O–H groups in total. The molecule has 2 aromatic carbocycles. The molecule has 2 rings (SSSR count). The highest BCUT2D eigenvalue weighted by Gasteiger charge is 2.19. The minimum absolute atomic E-state index is 0.0836. The highest BCUT2D eigenvalue weighted by Crippen LogP contribution is 2.28. The number of benzene rings is 2. The van der Waals surface area contributed by atoms with Gasteiger partial charge in [-0.2, -0.15) is 0 Å². The molecule has 0 bridgehead atoms. The Morgan fingerprint density at radius 3 is 2.57 bits per heavy atom. The molecule has 0 heterocycles. The first-order valence-corrected chi connectivity index (χ1v) is 7.42. The molecule has 1 atom stereocenters. The van der Waals surface area contributed by atoms with Crippen molar-refractivity contribution in [2.45, 2.75) is 17.1 Å². The standard InChI is InChI=1S/C15H12F2N2O3S/c1-9(23-10-6-7-11(16)12(17)8-10)15(20)18-13-4-2-3-5-14(13)19(21)22/h2-9H,1H3,(H,18,20)/t9-/m1/s1. The van der Waals surface area contributed by atoms with Crippen molar-refractivity contribution in [3.63, 3.8) is 0 Å². The molecular formula is C15H12F2N2O3S. The lowest BCUT2D eigenvalue weighted by molar-refractivity contribution is -0.383. The Morgan fingerprint density at radius 2 is 1.91 bits per heavy atom. The molecule has 0 radical (unpaired) electrons. The van der Waals surface area contributed by atoms with Gasteiger partial charge in [-0.1, -0.05) is 12.1 Å². The summed E-state index contributed by atoms with van der Waals surface area (Å²) in [5, 5.41) is 12.7. The number of hydrogen-bond acceptors (Lipinski definition) is 4. The fraction of sp³-hybridized carbons (Fsp3) is 0.133. The van der Waals surface area contributed by atoms with E-state index in [4.69, 9.17) is 0 Å². The largest absolute Gasteiger partial charge is 0.319 e. The molecule has 120 valence electrons. The molecule has 0 aliphatic rings. The molecule has 0 spiro atoms. The van der Waals surface area contributed by atoms with Gasteiger partial charge in [0.25, 0.3) is 5.69 Å². The van der Waals surface area contributed by atoms with Gasteiger partial charge in [0.1, 0.15) is 5.69 Å². The smallest absolute Gasteiger partial charge is 0.292 e. The van der Waals surface area contributed by atoms with Crippen LogP contribution in [0.2, 0.25) is 0 Å². The second-order valence-electron chi connectivity index (χ2n) is 4.60. The maximum atomic E-state index is 13.2. The van der Waals surface area contributed by atoms with Crippen molar-refractivity contribution in [2.75, 3.05) is 5.32 Å². The monoisotopic (exact) mass is 338 g/mol. The lowest BCUT2D eigenvalue weighted by Gasteiger charge is -2.12. The van der Waals surface area contributed by atoms with Gasteiger partial charge >= 0.3 is 0 Å². The molecule has 0 saturated heterocycles. The molecule has 0 aromatic heterocycles. The highest BCUT2D eigenvalue weighted by molar-refractivity contribution is 8.00. The quantitative estimate of drug-likeness (QED) is 0.508. The van der Waals surface area contributed by atoms with E-state index in [0.29, 0.717) is 4.90 Å². The van der Waals surface area contributed by atoms with Gasteiger partial charge in [0.2, 0.25) is 5.91 Å². The molecule has 0 unspecified atom stereocenters. The fourth-order valence-corrected chi connectivity index (χ4v) is 2.67. The second kappa shape index (κ2) is 7.19. The Bertz CT molecular complexity index is 755. The maximum absolute atomic E-state index is 13.2. The van der Waals surface area contributed by atoms with E-state index in [0.717, 1.165) is 23.9 Å². The number of thioether (sulfide) groups is 1. The summed E-state index contributed by atoms with van der Waals surface area (Å²) in [5.41, 5.74) is -0.133. The highest BCUT2D eigenvalue weighted by atomic mass is 32.2. The SMILES string of the molecule is C[C@@H](Sc1ccc(F)c(F)c1)C(=O)Nc1ccccc1[N+](=O)[O-]. The van der Waals surface area contributed by atoms with Crippen LogP contribution in [0.4, 0.5) is 20.2 Å². The second-order valence-corrected chi connectivity index (χ2v) is 6.01. The van der Waals surface area contributed by atoms with Crippen LogP contribution in [0.15, 0.2) is 47.4 Å². The first-order chi connectivity index (χ1) is 10.9. The maximum Gasteiger partial charge on any atom is 0.292 e. The normalized spacial score (nSPS) is 11.8. The van der Waals surface area contributed by atoms with Crippen molar-refractivity contribution >= 4 is 29.0 Å². The summed E-state index contributed by atoms with van der Waals surface area (Å²) < 4.78 is 26.0. The number of nitrogens with zero attached hydrogens (tertiary/aromatic N) is 1. The van der Waals surface area contributed by atoms with E-state index in [1.165, 1.54) is 24.3 Å². The van der Waals surface area contributed by atoms with Crippen molar-refractivity contribution < 1.29 is 18.5 Å². The van der Waals surface area contributed by atoms with Crippen LogP contribution in [0, 0.1) is 21.7 Å². The Labute approximate surface area is 134 Å². The van der Waals surface area contributed by atoms with E-state index in [9.17, 15) is 23.7 Å². The molecule has 8 heteroatoms. The molecule has 23 heavy (non-hydrogen) atoms. The van der Waals surface area contributed by atoms with Crippen molar-refractivity contribution in [1.29, 1.82) is 0 Å². The molecule has 5 nitrogen and oxygen atoms in total. The minimum atomic E-state index is -0.999. The predicted octanol–water partition coefficient (Wildman–Crippen LogP) is 3.99. The van der Waals surface area contributed by atoms with Crippen LogP contribution in [0.5, 0.6) is 0 Å². The number of hydrogen-bond donors (Lipinski definition) is 1. The molecule has 0 aliphatic carbocycles. The molecule has 0 fully saturated rings. The van der Waals surface area contributed by atoms with Crippen LogP contribution in [-0.4, -0.2) is 16.1 Å². The summed E-state index contributed by atoms with van der Waals surface area (Å²) in [6.45, 7) is 1.57. The molecule has 0 aliphatic heterocycles. The summed E-state index contributed by atoms with van der Waals surface area (Å²) >= 11 is 1.02. The number of carbonyl (C=O) groups excluding carboxylic acids is 1. The summed E-state index contributed by atoms with van der Waals surface area (Å²) in [6.07, 6.45) is 0. The average Bonchev–Trinajstić information content (AvgIpc) is 2.51. The lowest BCUT2D eigenvalue weighted by atomic mass is 10.2. The van der Waals surface area contributed by atoms with Crippen LogP contribution in [0.1, 0.15) is 6.92 Å².